The van der Waals surface area contributed by atoms with Crippen LogP contribution in [0.1, 0.15) is 5.56 Å². The van der Waals surface area contributed by atoms with Crippen LogP contribution in [0.3, 0.4) is 0 Å². The highest BCUT2D eigenvalue weighted by Gasteiger charge is 2.10. The van der Waals surface area contributed by atoms with Crippen molar-refractivity contribution in [1.29, 1.82) is 0 Å². The molecule has 1 heterocycles. The molecule has 0 bridgehead atoms. The molecule has 0 spiro atoms. The van der Waals surface area contributed by atoms with E-state index in [-0.39, 0.29) is 0 Å². The Balaban J connectivity index is 2.86. The van der Waals surface area contributed by atoms with Gasteiger partial charge in [-0.1, -0.05) is 12.1 Å². The zero-order valence-electron chi connectivity index (χ0n) is 6.68. The van der Waals surface area contributed by atoms with Gasteiger partial charge in [-0.25, -0.2) is 0 Å². The average molecular weight is 277 g/mol. The predicted molar refractivity (Wildman–Crippen MR) is 63.5 cm³/mol. The number of nitrogens with two attached hydrogens (primary N) is 1. The summed E-state index contributed by atoms with van der Waals surface area (Å²) >= 11 is 11.0. The van der Waals surface area contributed by atoms with Crippen molar-refractivity contribution in [2.45, 2.75) is 5.88 Å². The van der Waals surface area contributed by atoms with Crippen molar-refractivity contribution in [2.75, 3.05) is 5.73 Å². The van der Waals surface area contributed by atoms with Gasteiger partial charge in [-0.05, 0) is 27.6 Å². The maximum atomic E-state index is 5.84. The van der Waals surface area contributed by atoms with Crippen LogP contribution in [0.25, 0.3) is 10.1 Å². The van der Waals surface area contributed by atoms with Gasteiger partial charge in [-0.3, -0.25) is 0 Å². The highest BCUT2D eigenvalue weighted by Crippen LogP contribution is 2.38. The fourth-order valence-corrected chi connectivity index (χ4v) is 3.62. The maximum absolute atomic E-state index is 5.84. The second-order valence-electron chi connectivity index (χ2n) is 2.71. The summed E-state index contributed by atoms with van der Waals surface area (Å²) in [5, 5.41) is 1.16. The fourth-order valence-electron chi connectivity index (χ4n) is 1.29. The summed E-state index contributed by atoms with van der Waals surface area (Å²) in [5.74, 6) is 0.518. The number of fused-ring (bicyclic) bond motifs is 1. The highest BCUT2D eigenvalue weighted by atomic mass is 79.9. The van der Waals surface area contributed by atoms with Gasteiger partial charge in [-0.2, -0.15) is 0 Å². The third-order valence-corrected chi connectivity index (χ3v) is 4.25. The van der Waals surface area contributed by atoms with Gasteiger partial charge in [0, 0.05) is 17.0 Å². The normalized spacial score (nSPS) is 10.9. The van der Waals surface area contributed by atoms with Crippen molar-refractivity contribution in [3.8, 4) is 0 Å². The molecule has 0 saturated heterocycles. The fraction of sp³-hybridized carbons (Fsp3) is 0.111. The van der Waals surface area contributed by atoms with Gasteiger partial charge in [0.25, 0.3) is 0 Å². The number of benzene rings is 1. The first-order valence-corrected chi connectivity index (χ1v) is 5.89. The molecular formula is C9H7BrClNS. The van der Waals surface area contributed by atoms with Crippen molar-refractivity contribution in [2.24, 2.45) is 0 Å². The second kappa shape index (κ2) is 3.48. The first-order valence-electron chi connectivity index (χ1n) is 3.75. The quantitative estimate of drug-likeness (QED) is 0.619. The Labute approximate surface area is 93.6 Å². The molecule has 4 heteroatoms. The summed E-state index contributed by atoms with van der Waals surface area (Å²) in [6.07, 6.45) is 0. The van der Waals surface area contributed by atoms with Crippen molar-refractivity contribution in [3.05, 3.63) is 27.5 Å². The standard InChI is InChI=1S/C9H7BrClNS/c10-9-6(4-11)5-2-1-3-7(12)8(5)13-9/h1-3H,4,12H2. The van der Waals surface area contributed by atoms with Gasteiger partial charge < -0.3 is 5.73 Å². The molecule has 0 saturated carbocycles. The van der Waals surface area contributed by atoms with Crippen molar-refractivity contribution in [1.82, 2.24) is 0 Å². The smallest absolute Gasteiger partial charge is 0.0755 e. The third kappa shape index (κ3) is 1.45. The van der Waals surface area contributed by atoms with Gasteiger partial charge in [0.05, 0.1) is 8.49 Å². The van der Waals surface area contributed by atoms with Crippen LogP contribution in [0.4, 0.5) is 5.69 Å². The Kier molecular flexibility index (Phi) is 2.49. The van der Waals surface area contributed by atoms with Crippen LogP contribution in [0.2, 0.25) is 0 Å². The van der Waals surface area contributed by atoms with Crippen molar-refractivity contribution >= 4 is 54.6 Å². The number of hydrogen-bond donors (Lipinski definition) is 1. The molecule has 0 aliphatic rings. The average Bonchev–Trinajstić information content (AvgIpc) is 2.43. The molecule has 2 N–H and O–H groups in total. The van der Waals surface area contributed by atoms with Crippen LogP contribution >= 0.6 is 38.9 Å². The van der Waals surface area contributed by atoms with E-state index in [2.05, 4.69) is 15.9 Å². The summed E-state index contributed by atoms with van der Waals surface area (Å²) in [6.45, 7) is 0. The maximum Gasteiger partial charge on any atom is 0.0755 e. The second-order valence-corrected chi connectivity index (χ2v) is 5.32. The van der Waals surface area contributed by atoms with Crippen LogP contribution in [-0.4, -0.2) is 0 Å². The van der Waals surface area contributed by atoms with Gasteiger partial charge >= 0.3 is 0 Å². The van der Waals surface area contributed by atoms with Crippen LogP contribution < -0.4 is 5.73 Å². The van der Waals surface area contributed by atoms with E-state index >= 15 is 0 Å². The van der Waals surface area contributed by atoms with E-state index in [9.17, 15) is 0 Å². The first kappa shape index (κ1) is 9.31. The molecule has 13 heavy (non-hydrogen) atoms. The summed E-state index contributed by atoms with van der Waals surface area (Å²) < 4.78 is 2.19. The van der Waals surface area contributed by atoms with Crippen molar-refractivity contribution in [3.63, 3.8) is 0 Å². The molecule has 1 aromatic heterocycles. The molecule has 0 radical (unpaired) electrons. The first-order chi connectivity index (χ1) is 6.24. The minimum atomic E-state index is 0.518. The largest absolute Gasteiger partial charge is 0.398 e. The lowest BCUT2D eigenvalue weighted by Gasteiger charge is -1.95. The van der Waals surface area contributed by atoms with E-state index in [0.29, 0.717) is 5.88 Å². The van der Waals surface area contributed by atoms with E-state index in [1.54, 1.807) is 11.3 Å². The lowest BCUT2D eigenvalue weighted by Crippen LogP contribution is -1.83. The van der Waals surface area contributed by atoms with Gasteiger partial charge in [0.1, 0.15) is 0 Å². The Hall–Kier alpha value is -0.250. The molecule has 2 rings (SSSR count). The molecule has 68 valence electrons. The summed E-state index contributed by atoms with van der Waals surface area (Å²) in [4.78, 5) is 0. The van der Waals surface area contributed by atoms with E-state index in [1.807, 2.05) is 18.2 Å². The lowest BCUT2D eigenvalue weighted by molar-refractivity contribution is 1.47. The third-order valence-electron chi connectivity index (χ3n) is 1.93. The number of anilines is 1. The van der Waals surface area contributed by atoms with Crippen LogP contribution in [0.15, 0.2) is 22.0 Å². The minimum absolute atomic E-state index is 0.518. The molecule has 0 fully saturated rings. The zero-order valence-corrected chi connectivity index (χ0v) is 9.84. The minimum Gasteiger partial charge on any atom is -0.398 e. The SMILES string of the molecule is Nc1cccc2c(CCl)c(Br)sc12. The lowest BCUT2D eigenvalue weighted by atomic mass is 10.2. The number of thiophene rings is 1. The Bertz CT molecular complexity index is 452. The molecule has 0 aliphatic carbocycles. The number of halogens is 2. The topological polar surface area (TPSA) is 26.0 Å². The van der Waals surface area contributed by atoms with Gasteiger partial charge in [0.2, 0.25) is 0 Å². The Morgan fingerprint density at radius 2 is 2.23 bits per heavy atom. The van der Waals surface area contributed by atoms with Gasteiger partial charge in [-0.15, -0.1) is 22.9 Å². The summed E-state index contributed by atoms with van der Waals surface area (Å²) in [7, 11) is 0. The van der Waals surface area contributed by atoms with Crippen molar-refractivity contribution < 1.29 is 0 Å². The molecule has 1 aromatic carbocycles. The van der Waals surface area contributed by atoms with Gasteiger partial charge in [0.15, 0.2) is 0 Å². The molecule has 1 nitrogen and oxygen atoms in total. The number of alkyl halides is 1. The van der Waals surface area contributed by atoms with E-state index < -0.39 is 0 Å². The van der Waals surface area contributed by atoms with E-state index in [1.165, 1.54) is 0 Å². The molecule has 0 atom stereocenters. The van der Waals surface area contributed by atoms with E-state index in [0.717, 1.165) is 25.1 Å². The van der Waals surface area contributed by atoms with Crippen LogP contribution in [0.5, 0.6) is 0 Å². The molecule has 0 amide bonds. The molecule has 0 aliphatic heterocycles. The summed E-state index contributed by atoms with van der Waals surface area (Å²) in [6, 6.07) is 5.90. The zero-order chi connectivity index (χ0) is 9.42. The number of hydrogen-bond acceptors (Lipinski definition) is 2. The van der Waals surface area contributed by atoms with Crippen LogP contribution in [-0.2, 0) is 5.88 Å². The van der Waals surface area contributed by atoms with E-state index in [4.69, 9.17) is 17.3 Å². The number of rotatable bonds is 1. The molecule has 0 unspecified atom stereocenters. The monoisotopic (exact) mass is 275 g/mol. The number of nitrogen functional groups attached to an aromatic ring is 1. The Morgan fingerprint density at radius 1 is 1.46 bits per heavy atom. The highest BCUT2D eigenvalue weighted by molar-refractivity contribution is 9.11. The predicted octanol–water partition coefficient (Wildman–Crippen LogP) is 3.98. The molecule has 2 aromatic rings. The Morgan fingerprint density at radius 3 is 2.92 bits per heavy atom. The summed E-state index contributed by atoms with van der Waals surface area (Å²) in [5.41, 5.74) is 7.79. The molecular weight excluding hydrogens is 270 g/mol. The van der Waals surface area contributed by atoms with Crippen LogP contribution in [0, 0.1) is 0 Å².